The molecule has 2 rings (SSSR count). The second kappa shape index (κ2) is 7.11. The van der Waals surface area contributed by atoms with Crippen molar-refractivity contribution in [2.45, 2.75) is 33.6 Å². The Morgan fingerprint density at radius 2 is 1.81 bits per heavy atom. The number of carbonyl (C=O) groups is 1. The van der Waals surface area contributed by atoms with Crippen molar-refractivity contribution in [3.8, 4) is 11.3 Å². The van der Waals surface area contributed by atoms with Gasteiger partial charge in [0.1, 0.15) is 5.76 Å². The van der Waals surface area contributed by atoms with Crippen LogP contribution in [0.5, 0.6) is 0 Å². The van der Waals surface area contributed by atoms with Crippen LogP contribution >= 0.6 is 0 Å². The Bertz CT molecular complexity index is 584. The lowest BCUT2D eigenvalue weighted by atomic mass is 10.1. The van der Waals surface area contributed by atoms with E-state index in [1.807, 2.05) is 49.1 Å². The lowest BCUT2D eigenvalue weighted by Crippen LogP contribution is -2.31. The van der Waals surface area contributed by atoms with E-state index in [1.165, 1.54) is 5.56 Å². The minimum atomic E-state index is -0.0238. The van der Waals surface area contributed by atoms with Crippen molar-refractivity contribution in [1.29, 1.82) is 0 Å². The number of benzene rings is 1. The van der Waals surface area contributed by atoms with E-state index in [9.17, 15) is 4.79 Å². The summed E-state index contributed by atoms with van der Waals surface area (Å²) in [7, 11) is 0. The Hall–Kier alpha value is -2.03. The molecular formula is C18H23NO2. The fourth-order valence-corrected chi connectivity index (χ4v) is 2.23. The van der Waals surface area contributed by atoms with Gasteiger partial charge in [0.2, 0.25) is 0 Å². The maximum Gasteiger partial charge on any atom is 0.289 e. The Labute approximate surface area is 126 Å². The maximum atomic E-state index is 12.4. The molecule has 1 amide bonds. The van der Waals surface area contributed by atoms with Gasteiger partial charge in [0.25, 0.3) is 5.91 Å². The predicted octanol–water partition coefficient (Wildman–Crippen LogP) is 4.52. The second-order valence-corrected chi connectivity index (χ2v) is 5.27. The van der Waals surface area contributed by atoms with Crippen LogP contribution in [0.15, 0.2) is 40.8 Å². The first-order valence-electron chi connectivity index (χ1n) is 7.61. The molecule has 0 N–H and O–H groups in total. The molecule has 3 heteroatoms. The van der Waals surface area contributed by atoms with E-state index in [1.54, 1.807) is 6.07 Å². The van der Waals surface area contributed by atoms with E-state index >= 15 is 0 Å². The average Bonchev–Trinajstić information content (AvgIpc) is 2.98. The monoisotopic (exact) mass is 285 g/mol. The van der Waals surface area contributed by atoms with Crippen molar-refractivity contribution in [3.05, 3.63) is 47.7 Å². The highest BCUT2D eigenvalue weighted by molar-refractivity contribution is 5.92. The molecule has 1 aromatic carbocycles. The van der Waals surface area contributed by atoms with Crippen molar-refractivity contribution in [1.82, 2.24) is 4.90 Å². The fourth-order valence-electron chi connectivity index (χ4n) is 2.23. The maximum absolute atomic E-state index is 12.4. The lowest BCUT2D eigenvalue weighted by molar-refractivity contribution is 0.0731. The summed E-state index contributed by atoms with van der Waals surface area (Å²) in [5.74, 6) is 1.14. The minimum Gasteiger partial charge on any atom is -0.451 e. The molecule has 1 aromatic heterocycles. The molecule has 0 bridgehead atoms. The number of unbranched alkanes of at least 4 members (excludes halogenated alkanes) is 1. The first-order chi connectivity index (χ1) is 10.2. The molecule has 0 unspecified atom stereocenters. The van der Waals surface area contributed by atoms with Crippen molar-refractivity contribution in [2.24, 2.45) is 0 Å². The molecule has 0 radical (unpaired) electrons. The van der Waals surface area contributed by atoms with Crippen LogP contribution < -0.4 is 0 Å². The Morgan fingerprint density at radius 3 is 2.43 bits per heavy atom. The SMILES string of the molecule is CCCCN(CC)C(=O)c1ccc(-c2ccc(C)cc2)o1. The van der Waals surface area contributed by atoms with Gasteiger partial charge in [-0.25, -0.2) is 0 Å². The van der Waals surface area contributed by atoms with E-state index < -0.39 is 0 Å². The van der Waals surface area contributed by atoms with E-state index in [0.717, 1.165) is 30.7 Å². The molecule has 112 valence electrons. The van der Waals surface area contributed by atoms with E-state index in [-0.39, 0.29) is 5.91 Å². The van der Waals surface area contributed by atoms with Crippen molar-refractivity contribution in [2.75, 3.05) is 13.1 Å². The van der Waals surface area contributed by atoms with Crippen molar-refractivity contribution < 1.29 is 9.21 Å². The quantitative estimate of drug-likeness (QED) is 0.782. The second-order valence-electron chi connectivity index (χ2n) is 5.27. The standard InChI is InChI=1S/C18H23NO2/c1-4-6-13-19(5-2)18(20)17-12-11-16(21-17)15-9-7-14(3)8-10-15/h7-12H,4-6,13H2,1-3H3. The Morgan fingerprint density at radius 1 is 1.10 bits per heavy atom. The van der Waals surface area contributed by atoms with E-state index in [4.69, 9.17) is 4.42 Å². The van der Waals surface area contributed by atoms with Gasteiger partial charge in [-0.05, 0) is 32.4 Å². The molecule has 0 atom stereocenters. The molecule has 0 fully saturated rings. The zero-order valence-corrected chi connectivity index (χ0v) is 13.1. The molecule has 21 heavy (non-hydrogen) atoms. The van der Waals surface area contributed by atoms with Gasteiger partial charge in [-0.2, -0.15) is 0 Å². The molecule has 0 saturated carbocycles. The van der Waals surface area contributed by atoms with Crippen molar-refractivity contribution in [3.63, 3.8) is 0 Å². The van der Waals surface area contributed by atoms with Gasteiger partial charge < -0.3 is 9.32 Å². The number of nitrogens with zero attached hydrogens (tertiary/aromatic N) is 1. The van der Waals surface area contributed by atoms with Crippen LogP contribution in [0.2, 0.25) is 0 Å². The summed E-state index contributed by atoms with van der Waals surface area (Å²) in [5, 5.41) is 0. The molecule has 2 aromatic rings. The van der Waals surface area contributed by atoms with Gasteiger partial charge >= 0.3 is 0 Å². The number of hydrogen-bond acceptors (Lipinski definition) is 2. The van der Waals surface area contributed by atoms with Crippen LogP contribution in [0.3, 0.4) is 0 Å². The van der Waals surface area contributed by atoms with Crippen LogP contribution in [0.1, 0.15) is 42.8 Å². The molecule has 3 nitrogen and oxygen atoms in total. The zero-order chi connectivity index (χ0) is 15.2. The Kier molecular flexibility index (Phi) is 5.20. The topological polar surface area (TPSA) is 33.5 Å². The summed E-state index contributed by atoms with van der Waals surface area (Å²) < 4.78 is 5.74. The van der Waals surface area contributed by atoms with Crippen molar-refractivity contribution >= 4 is 5.91 Å². The van der Waals surface area contributed by atoms with Crippen LogP contribution in [0.4, 0.5) is 0 Å². The largest absolute Gasteiger partial charge is 0.451 e. The number of aryl methyl sites for hydroxylation is 1. The summed E-state index contributed by atoms with van der Waals surface area (Å²) >= 11 is 0. The molecule has 0 aliphatic carbocycles. The van der Waals surface area contributed by atoms with E-state index in [2.05, 4.69) is 6.92 Å². The molecule has 0 aliphatic rings. The van der Waals surface area contributed by atoms with Gasteiger partial charge in [0.05, 0.1) is 0 Å². The highest BCUT2D eigenvalue weighted by Crippen LogP contribution is 2.23. The Balaban J connectivity index is 2.14. The average molecular weight is 285 g/mol. The van der Waals surface area contributed by atoms with Gasteiger partial charge in [-0.1, -0.05) is 43.2 Å². The minimum absolute atomic E-state index is 0.0238. The molecule has 0 spiro atoms. The number of hydrogen-bond donors (Lipinski definition) is 0. The summed E-state index contributed by atoms with van der Waals surface area (Å²) in [6.45, 7) is 7.66. The molecule has 0 aliphatic heterocycles. The van der Waals surface area contributed by atoms with Crippen LogP contribution in [-0.4, -0.2) is 23.9 Å². The number of carbonyl (C=O) groups excluding carboxylic acids is 1. The van der Waals surface area contributed by atoms with Gasteiger partial charge in [0, 0.05) is 18.7 Å². The third-order valence-electron chi connectivity index (χ3n) is 3.60. The zero-order valence-electron chi connectivity index (χ0n) is 13.1. The number of furan rings is 1. The highest BCUT2D eigenvalue weighted by atomic mass is 16.4. The van der Waals surface area contributed by atoms with Crippen LogP contribution in [0, 0.1) is 6.92 Å². The molecule has 1 heterocycles. The van der Waals surface area contributed by atoms with Gasteiger partial charge in [-0.3, -0.25) is 4.79 Å². The van der Waals surface area contributed by atoms with Crippen LogP contribution in [0.25, 0.3) is 11.3 Å². The first kappa shape index (κ1) is 15.4. The van der Waals surface area contributed by atoms with Gasteiger partial charge in [0.15, 0.2) is 5.76 Å². The third-order valence-corrected chi connectivity index (χ3v) is 3.60. The molecule has 0 saturated heterocycles. The molecular weight excluding hydrogens is 262 g/mol. The smallest absolute Gasteiger partial charge is 0.289 e. The first-order valence-corrected chi connectivity index (χ1v) is 7.61. The van der Waals surface area contributed by atoms with E-state index in [0.29, 0.717) is 12.3 Å². The highest BCUT2D eigenvalue weighted by Gasteiger charge is 2.17. The van der Waals surface area contributed by atoms with Gasteiger partial charge in [-0.15, -0.1) is 0 Å². The fraction of sp³-hybridized carbons (Fsp3) is 0.389. The summed E-state index contributed by atoms with van der Waals surface area (Å²) in [5.41, 5.74) is 2.20. The predicted molar refractivity (Wildman–Crippen MR) is 85.4 cm³/mol. The normalized spacial score (nSPS) is 10.6. The summed E-state index contributed by atoms with van der Waals surface area (Å²) in [6, 6.07) is 11.7. The third kappa shape index (κ3) is 3.75. The summed E-state index contributed by atoms with van der Waals surface area (Å²) in [4.78, 5) is 14.2. The number of rotatable bonds is 6. The van der Waals surface area contributed by atoms with Crippen LogP contribution in [-0.2, 0) is 0 Å². The lowest BCUT2D eigenvalue weighted by Gasteiger charge is -2.19. The summed E-state index contributed by atoms with van der Waals surface area (Å²) in [6.07, 6.45) is 2.10. The number of amides is 1.